The minimum Gasteiger partial charge on any atom is -0.460 e. The van der Waals surface area contributed by atoms with E-state index < -0.39 is 16.6 Å². The first-order chi connectivity index (χ1) is 20.4. The smallest absolute Gasteiger partial charge is 0.424 e. The molecule has 0 aliphatic heterocycles. The van der Waals surface area contributed by atoms with Crippen molar-refractivity contribution in [2.24, 2.45) is 0 Å². The van der Waals surface area contributed by atoms with Crippen LogP contribution in [-0.2, 0) is 27.4 Å². The van der Waals surface area contributed by atoms with Gasteiger partial charge < -0.3 is 14.0 Å². The fraction of sp³-hybridized carbons (Fsp3) is 0.333. The van der Waals surface area contributed by atoms with Crippen LogP contribution in [0.4, 0.5) is 10.5 Å². The van der Waals surface area contributed by atoms with E-state index in [2.05, 4.69) is 24.3 Å². The average molecular weight is 585 g/mol. The molecular weight excluding hydrogens is 548 g/mol. The minimum atomic E-state index is -0.606. The molecule has 0 unspecified atom stereocenters. The van der Waals surface area contributed by atoms with Crippen LogP contribution in [0.15, 0.2) is 72.8 Å². The molecule has 0 spiro atoms. The third-order valence-corrected chi connectivity index (χ3v) is 7.64. The highest BCUT2D eigenvalue weighted by Gasteiger charge is 2.30. The van der Waals surface area contributed by atoms with Gasteiger partial charge in [-0.3, -0.25) is 14.9 Å². The van der Waals surface area contributed by atoms with Crippen LogP contribution >= 0.6 is 0 Å². The van der Waals surface area contributed by atoms with E-state index in [0.717, 1.165) is 33.5 Å². The summed E-state index contributed by atoms with van der Waals surface area (Å²) in [7, 11) is 3.40. The lowest BCUT2D eigenvalue weighted by Crippen LogP contribution is -2.41. The van der Waals surface area contributed by atoms with E-state index in [0.29, 0.717) is 11.9 Å². The maximum atomic E-state index is 13.2. The molecule has 1 amide bonds. The molecule has 0 saturated heterocycles. The minimum absolute atomic E-state index is 0.0209. The molecule has 3 aromatic carbocycles. The molecule has 1 aliphatic carbocycles. The number of nitrogens with zero attached hydrogens (tertiary/aromatic N) is 4. The molecule has 10 nitrogen and oxygen atoms in total. The topological polar surface area (TPSA) is 107 Å². The lowest BCUT2D eigenvalue weighted by atomic mass is 9.98. The summed E-state index contributed by atoms with van der Waals surface area (Å²) in [6, 6.07) is 22.8. The number of carbonyl (C=O) groups excluding carboxylic acids is 2. The second-order valence-electron chi connectivity index (χ2n) is 11.8. The first-order valence-corrected chi connectivity index (χ1v) is 14.2. The molecule has 10 heteroatoms. The summed E-state index contributed by atoms with van der Waals surface area (Å²) in [4.78, 5) is 36.6. The Hall–Kier alpha value is -4.70. The molecule has 224 valence electrons. The van der Waals surface area contributed by atoms with Gasteiger partial charge in [0, 0.05) is 55.3 Å². The number of hydrazine groups is 1. The second kappa shape index (κ2) is 11.9. The third kappa shape index (κ3) is 6.39. The van der Waals surface area contributed by atoms with Gasteiger partial charge in [-0.05, 0) is 55.2 Å². The van der Waals surface area contributed by atoms with Gasteiger partial charge in [0.15, 0.2) is 0 Å². The van der Waals surface area contributed by atoms with Gasteiger partial charge in [-0.15, -0.1) is 0 Å². The third-order valence-electron chi connectivity index (χ3n) is 7.64. The quantitative estimate of drug-likeness (QED) is 0.125. The number of carbonyl (C=O) groups is 2. The van der Waals surface area contributed by atoms with Crippen LogP contribution in [0.2, 0.25) is 0 Å². The SMILES string of the molecule is CN(Cc1cc2cc([N+](=O)[O-])ccc2n1CCC(=O)OC(C)(C)C)N(C)C(=O)OCC1c2ccccc2-c2ccccc21. The highest BCUT2D eigenvalue weighted by Crippen LogP contribution is 2.44. The lowest BCUT2D eigenvalue weighted by Gasteiger charge is -2.28. The molecule has 0 fully saturated rings. The van der Waals surface area contributed by atoms with Crippen LogP contribution in [0.5, 0.6) is 0 Å². The normalized spacial score (nSPS) is 12.7. The number of nitro benzene ring substituents is 1. The Bertz CT molecular complexity index is 1640. The van der Waals surface area contributed by atoms with Crippen molar-refractivity contribution in [3.05, 3.63) is 99.7 Å². The number of ether oxygens (including phenoxy) is 2. The van der Waals surface area contributed by atoms with Crippen molar-refractivity contribution in [2.75, 3.05) is 20.7 Å². The van der Waals surface area contributed by atoms with E-state index in [1.807, 2.05) is 55.7 Å². The fourth-order valence-corrected chi connectivity index (χ4v) is 5.59. The number of esters is 1. The fourth-order valence-electron chi connectivity index (χ4n) is 5.59. The van der Waals surface area contributed by atoms with Gasteiger partial charge in [-0.1, -0.05) is 48.5 Å². The highest BCUT2D eigenvalue weighted by molar-refractivity contribution is 5.84. The number of aromatic nitrogens is 1. The predicted molar refractivity (Wildman–Crippen MR) is 163 cm³/mol. The Labute approximate surface area is 250 Å². The van der Waals surface area contributed by atoms with E-state index in [9.17, 15) is 19.7 Å². The molecule has 4 aromatic rings. The van der Waals surface area contributed by atoms with Crippen molar-refractivity contribution in [2.45, 2.75) is 51.8 Å². The zero-order valence-corrected chi connectivity index (χ0v) is 25.1. The summed E-state index contributed by atoms with van der Waals surface area (Å²) in [6.45, 7) is 6.24. The number of amides is 1. The summed E-state index contributed by atoms with van der Waals surface area (Å²) in [5.41, 5.74) is 5.49. The largest absolute Gasteiger partial charge is 0.460 e. The Kier molecular flexibility index (Phi) is 8.23. The molecular formula is C33H36N4O6. The molecule has 0 radical (unpaired) electrons. The first-order valence-electron chi connectivity index (χ1n) is 14.2. The van der Waals surface area contributed by atoms with Gasteiger partial charge in [-0.2, -0.15) is 0 Å². The molecule has 0 saturated carbocycles. The number of aryl methyl sites for hydroxylation is 1. The zero-order chi connectivity index (χ0) is 30.9. The summed E-state index contributed by atoms with van der Waals surface area (Å²) in [5, 5.41) is 15.2. The molecule has 1 aromatic heterocycles. The van der Waals surface area contributed by atoms with Crippen molar-refractivity contribution in [3.8, 4) is 11.1 Å². The van der Waals surface area contributed by atoms with Crippen LogP contribution in [0.25, 0.3) is 22.0 Å². The first kappa shape index (κ1) is 29.8. The number of benzene rings is 3. The van der Waals surface area contributed by atoms with E-state index >= 15 is 0 Å². The number of rotatable bonds is 9. The van der Waals surface area contributed by atoms with Gasteiger partial charge in [0.25, 0.3) is 5.69 Å². The monoisotopic (exact) mass is 584 g/mol. The molecule has 43 heavy (non-hydrogen) atoms. The summed E-state index contributed by atoms with van der Waals surface area (Å²) >= 11 is 0. The molecule has 1 heterocycles. The number of non-ortho nitro benzene ring substituents is 1. The molecule has 1 aliphatic rings. The Morgan fingerprint density at radius 3 is 2.19 bits per heavy atom. The van der Waals surface area contributed by atoms with Gasteiger partial charge in [0.2, 0.25) is 0 Å². The maximum absolute atomic E-state index is 13.2. The van der Waals surface area contributed by atoms with E-state index in [4.69, 9.17) is 9.47 Å². The van der Waals surface area contributed by atoms with Gasteiger partial charge in [0.05, 0.1) is 17.9 Å². The zero-order valence-electron chi connectivity index (χ0n) is 25.1. The Morgan fingerprint density at radius 1 is 0.953 bits per heavy atom. The summed E-state index contributed by atoms with van der Waals surface area (Å²) in [5.74, 6) is -0.396. The van der Waals surface area contributed by atoms with E-state index in [-0.39, 0.29) is 37.1 Å². The van der Waals surface area contributed by atoms with E-state index in [1.165, 1.54) is 17.1 Å². The van der Waals surface area contributed by atoms with Crippen LogP contribution < -0.4 is 0 Å². The molecule has 5 rings (SSSR count). The van der Waals surface area contributed by atoms with Crippen LogP contribution in [0, 0.1) is 10.1 Å². The predicted octanol–water partition coefficient (Wildman–Crippen LogP) is 6.51. The molecule has 0 N–H and O–H groups in total. The van der Waals surface area contributed by atoms with Crippen molar-refractivity contribution < 1.29 is 24.0 Å². The molecule has 0 bridgehead atoms. The standard InChI is InChI=1S/C33H36N4O6/c1-33(2,3)43-31(38)16-17-36-24(19-22-18-23(37(40)41)14-15-30(22)36)20-34(4)35(5)32(39)42-21-29-27-12-8-6-10-25(27)26-11-7-9-13-28(26)29/h6-15,18-19,29H,16-17,20-21H2,1-5H3. The van der Waals surface area contributed by atoms with Crippen LogP contribution in [0.3, 0.4) is 0 Å². The Morgan fingerprint density at radius 2 is 1.58 bits per heavy atom. The van der Waals surface area contributed by atoms with Crippen molar-refractivity contribution in [1.82, 2.24) is 14.6 Å². The van der Waals surface area contributed by atoms with Crippen molar-refractivity contribution in [3.63, 3.8) is 0 Å². The second-order valence-corrected chi connectivity index (χ2v) is 11.8. The molecule has 0 atom stereocenters. The highest BCUT2D eigenvalue weighted by atomic mass is 16.6. The van der Waals surface area contributed by atoms with Crippen LogP contribution in [0.1, 0.15) is 49.9 Å². The number of fused-ring (bicyclic) bond motifs is 4. The number of nitro groups is 1. The van der Waals surface area contributed by atoms with Gasteiger partial charge in [0.1, 0.15) is 12.2 Å². The summed E-state index contributed by atoms with van der Waals surface area (Å²) in [6.07, 6.45) is -0.381. The summed E-state index contributed by atoms with van der Waals surface area (Å²) < 4.78 is 13.2. The maximum Gasteiger partial charge on any atom is 0.424 e. The lowest BCUT2D eigenvalue weighted by molar-refractivity contribution is -0.384. The van der Waals surface area contributed by atoms with Crippen molar-refractivity contribution in [1.29, 1.82) is 0 Å². The van der Waals surface area contributed by atoms with Crippen molar-refractivity contribution >= 4 is 28.7 Å². The van der Waals surface area contributed by atoms with Gasteiger partial charge in [-0.25, -0.2) is 14.8 Å². The average Bonchev–Trinajstić information content (AvgIpc) is 3.47. The van der Waals surface area contributed by atoms with E-state index in [1.54, 1.807) is 25.2 Å². The number of hydrogen-bond acceptors (Lipinski definition) is 7. The Balaban J connectivity index is 1.31. The number of hydrogen-bond donors (Lipinski definition) is 0. The van der Waals surface area contributed by atoms with Gasteiger partial charge >= 0.3 is 12.1 Å². The van der Waals surface area contributed by atoms with Crippen LogP contribution in [-0.4, -0.2) is 57.9 Å².